The molecule has 18 heavy (non-hydrogen) atoms. The average molecular weight is 266 g/mol. The third-order valence-corrected chi connectivity index (χ3v) is 2.68. The second-order valence-electron chi connectivity index (χ2n) is 4.18. The first-order valence-corrected chi connectivity index (χ1v) is 6.30. The standard InChI is InChI=1S/C12H26O6/c1-2-12(9-16-6-3-13,10-17-7-4-14)11-18-8-5-15/h13-15H,2-11H2,1H3. The summed E-state index contributed by atoms with van der Waals surface area (Å²) >= 11 is 0. The quantitative estimate of drug-likeness (QED) is 0.386. The monoisotopic (exact) mass is 266 g/mol. The Morgan fingerprint density at radius 1 is 0.722 bits per heavy atom. The Hall–Kier alpha value is -0.240. The fraction of sp³-hybridized carbons (Fsp3) is 1.00. The van der Waals surface area contributed by atoms with Gasteiger partial charge in [0.25, 0.3) is 0 Å². The zero-order valence-corrected chi connectivity index (χ0v) is 11.1. The maximum absolute atomic E-state index is 8.71. The largest absolute Gasteiger partial charge is 0.394 e. The van der Waals surface area contributed by atoms with Gasteiger partial charge in [-0.2, -0.15) is 0 Å². The van der Waals surface area contributed by atoms with E-state index in [9.17, 15) is 0 Å². The third-order valence-electron chi connectivity index (χ3n) is 2.68. The van der Waals surface area contributed by atoms with Gasteiger partial charge in [-0.25, -0.2) is 0 Å². The Morgan fingerprint density at radius 3 is 1.28 bits per heavy atom. The lowest BCUT2D eigenvalue weighted by Gasteiger charge is -2.32. The Balaban J connectivity index is 4.20. The van der Waals surface area contributed by atoms with E-state index in [2.05, 4.69) is 0 Å². The lowest BCUT2D eigenvalue weighted by Crippen LogP contribution is -2.37. The first-order valence-electron chi connectivity index (χ1n) is 6.30. The van der Waals surface area contributed by atoms with E-state index in [1.54, 1.807) is 0 Å². The maximum Gasteiger partial charge on any atom is 0.0698 e. The van der Waals surface area contributed by atoms with Crippen LogP contribution in [0.4, 0.5) is 0 Å². The molecule has 0 aromatic rings. The van der Waals surface area contributed by atoms with E-state index in [0.717, 1.165) is 6.42 Å². The first kappa shape index (κ1) is 17.8. The molecule has 0 heterocycles. The molecule has 0 radical (unpaired) electrons. The minimum atomic E-state index is -0.306. The number of hydrogen-bond donors (Lipinski definition) is 3. The molecule has 0 aliphatic heterocycles. The van der Waals surface area contributed by atoms with Gasteiger partial charge in [0.2, 0.25) is 0 Å². The van der Waals surface area contributed by atoms with Gasteiger partial charge < -0.3 is 29.5 Å². The van der Waals surface area contributed by atoms with Crippen LogP contribution in [0.15, 0.2) is 0 Å². The summed E-state index contributed by atoms with van der Waals surface area (Å²) in [5.74, 6) is 0. The van der Waals surface area contributed by atoms with Crippen LogP contribution in [-0.2, 0) is 14.2 Å². The number of aliphatic hydroxyl groups excluding tert-OH is 3. The van der Waals surface area contributed by atoms with Crippen LogP contribution >= 0.6 is 0 Å². The minimum Gasteiger partial charge on any atom is -0.394 e. The van der Waals surface area contributed by atoms with Gasteiger partial charge in [-0.3, -0.25) is 0 Å². The van der Waals surface area contributed by atoms with Crippen molar-refractivity contribution in [3.05, 3.63) is 0 Å². The van der Waals surface area contributed by atoms with E-state index in [0.29, 0.717) is 19.8 Å². The van der Waals surface area contributed by atoms with Crippen LogP contribution < -0.4 is 0 Å². The van der Waals surface area contributed by atoms with E-state index in [1.807, 2.05) is 6.92 Å². The van der Waals surface area contributed by atoms with Gasteiger partial charge in [0.05, 0.1) is 59.5 Å². The maximum atomic E-state index is 8.71. The van der Waals surface area contributed by atoms with E-state index < -0.39 is 0 Å². The van der Waals surface area contributed by atoms with Crippen molar-refractivity contribution in [3.8, 4) is 0 Å². The van der Waals surface area contributed by atoms with Crippen molar-refractivity contribution >= 4 is 0 Å². The van der Waals surface area contributed by atoms with Crippen LogP contribution in [0.1, 0.15) is 13.3 Å². The van der Waals surface area contributed by atoms with E-state index in [4.69, 9.17) is 29.5 Å². The highest BCUT2D eigenvalue weighted by molar-refractivity contribution is 4.77. The number of rotatable bonds is 13. The van der Waals surface area contributed by atoms with Crippen molar-refractivity contribution in [1.29, 1.82) is 0 Å². The molecular formula is C12H26O6. The second-order valence-corrected chi connectivity index (χ2v) is 4.18. The molecular weight excluding hydrogens is 240 g/mol. The van der Waals surface area contributed by atoms with Crippen LogP contribution in [0, 0.1) is 5.41 Å². The van der Waals surface area contributed by atoms with Crippen molar-refractivity contribution in [1.82, 2.24) is 0 Å². The lowest BCUT2D eigenvalue weighted by atomic mass is 9.88. The minimum absolute atomic E-state index is 0.0191. The molecule has 0 aromatic heterocycles. The molecule has 0 amide bonds. The summed E-state index contributed by atoms with van der Waals surface area (Å²) in [6, 6.07) is 0. The summed E-state index contributed by atoms with van der Waals surface area (Å²) in [5, 5.41) is 26.1. The zero-order chi connectivity index (χ0) is 13.7. The second kappa shape index (κ2) is 11.8. The Bertz CT molecular complexity index is 149. The SMILES string of the molecule is CCC(COCCO)(COCCO)COCCO. The van der Waals surface area contributed by atoms with Gasteiger partial charge in [-0.1, -0.05) is 6.92 Å². The third kappa shape index (κ3) is 7.97. The van der Waals surface area contributed by atoms with Gasteiger partial charge in [0.1, 0.15) is 0 Å². The molecule has 0 saturated heterocycles. The molecule has 0 atom stereocenters. The highest BCUT2D eigenvalue weighted by atomic mass is 16.5. The van der Waals surface area contributed by atoms with Crippen LogP contribution in [0.3, 0.4) is 0 Å². The summed E-state index contributed by atoms with van der Waals surface area (Å²) in [6.07, 6.45) is 0.787. The Kier molecular flexibility index (Phi) is 11.7. The molecule has 0 unspecified atom stereocenters. The molecule has 0 rings (SSSR count). The highest BCUT2D eigenvalue weighted by Gasteiger charge is 2.29. The van der Waals surface area contributed by atoms with E-state index >= 15 is 0 Å². The fourth-order valence-corrected chi connectivity index (χ4v) is 1.49. The Labute approximate surface area is 108 Å². The number of aliphatic hydroxyl groups is 3. The molecule has 6 heteroatoms. The molecule has 0 aliphatic carbocycles. The Morgan fingerprint density at radius 2 is 1.06 bits per heavy atom. The van der Waals surface area contributed by atoms with E-state index in [1.165, 1.54) is 0 Å². The average Bonchev–Trinajstić information content (AvgIpc) is 2.39. The highest BCUT2D eigenvalue weighted by Crippen LogP contribution is 2.23. The predicted molar refractivity (Wildman–Crippen MR) is 66.4 cm³/mol. The van der Waals surface area contributed by atoms with Crippen molar-refractivity contribution in [2.75, 3.05) is 59.5 Å². The zero-order valence-electron chi connectivity index (χ0n) is 11.1. The van der Waals surface area contributed by atoms with Crippen LogP contribution in [-0.4, -0.2) is 74.8 Å². The molecule has 0 aliphatic rings. The topological polar surface area (TPSA) is 88.4 Å². The van der Waals surface area contributed by atoms with Gasteiger partial charge >= 0.3 is 0 Å². The van der Waals surface area contributed by atoms with Crippen molar-refractivity contribution in [2.24, 2.45) is 5.41 Å². The van der Waals surface area contributed by atoms with Crippen LogP contribution in [0.5, 0.6) is 0 Å². The van der Waals surface area contributed by atoms with Gasteiger partial charge in [0, 0.05) is 5.41 Å². The van der Waals surface area contributed by atoms with Gasteiger partial charge in [0.15, 0.2) is 0 Å². The lowest BCUT2D eigenvalue weighted by molar-refractivity contribution is -0.0816. The molecule has 110 valence electrons. The van der Waals surface area contributed by atoms with Crippen molar-refractivity contribution < 1.29 is 29.5 Å². The summed E-state index contributed by atoms with van der Waals surface area (Å²) in [4.78, 5) is 0. The van der Waals surface area contributed by atoms with Crippen molar-refractivity contribution in [2.45, 2.75) is 13.3 Å². The van der Waals surface area contributed by atoms with Gasteiger partial charge in [-0.05, 0) is 6.42 Å². The molecule has 3 N–H and O–H groups in total. The summed E-state index contributed by atoms with van der Waals surface area (Å²) in [5.41, 5.74) is -0.306. The number of ether oxygens (including phenoxy) is 3. The molecule has 0 fully saturated rings. The smallest absolute Gasteiger partial charge is 0.0698 e. The molecule has 0 spiro atoms. The van der Waals surface area contributed by atoms with E-state index in [-0.39, 0.29) is 45.1 Å². The molecule has 0 saturated carbocycles. The normalized spacial score (nSPS) is 12.0. The summed E-state index contributed by atoms with van der Waals surface area (Å²) in [7, 11) is 0. The van der Waals surface area contributed by atoms with Gasteiger partial charge in [-0.15, -0.1) is 0 Å². The van der Waals surface area contributed by atoms with Crippen molar-refractivity contribution in [3.63, 3.8) is 0 Å². The summed E-state index contributed by atoms with van der Waals surface area (Å²) in [6.45, 7) is 4.04. The summed E-state index contributed by atoms with van der Waals surface area (Å²) < 4.78 is 16.1. The molecule has 0 bridgehead atoms. The van der Waals surface area contributed by atoms with Crippen LogP contribution in [0.2, 0.25) is 0 Å². The molecule has 0 aromatic carbocycles. The first-order chi connectivity index (χ1) is 8.74. The number of hydrogen-bond acceptors (Lipinski definition) is 6. The fourth-order valence-electron chi connectivity index (χ4n) is 1.49. The molecule has 6 nitrogen and oxygen atoms in total. The predicted octanol–water partition coefficient (Wildman–Crippen LogP) is -0.590. The van der Waals surface area contributed by atoms with Crippen LogP contribution in [0.25, 0.3) is 0 Å².